The van der Waals surface area contributed by atoms with Gasteiger partial charge in [-0.2, -0.15) is 0 Å². The summed E-state index contributed by atoms with van der Waals surface area (Å²) in [5.74, 6) is -1.30. The molecule has 16 heavy (non-hydrogen) atoms. The van der Waals surface area contributed by atoms with Gasteiger partial charge in [-0.3, -0.25) is 0 Å². The summed E-state index contributed by atoms with van der Waals surface area (Å²) in [7, 11) is -3.17. The van der Waals surface area contributed by atoms with Crippen LogP contribution in [-0.4, -0.2) is 56.1 Å². The van der Waals surface area contributed by atoms with Gasteiger partial charge >= 0.3 is 5.97 Å². The Kier molecular flexibility index (Phi) is 5.87. The van der Waals surface area contributed by atoms with Crippen LogP contribution >= 0.6 is 0 Å². The number of rotatable bonds is 8. The van der Waals surface area contributed by atoms with Gasteiger partial charge in [-0.25, -0.2) is 17.9 Å². The summed E-state index contributed by atoms with van der Waals surface area (Å²) in [5.41, 5.74) is -1.80. The van der Waals surface area contributed by atoms with Crippen LogP contribution in [0.1, 0.15) is 13.3 Å². The highest BCUT2D eigenvalue weighted by Gasteiger charge is 2.28. The molecule has 0 heterocycles. The maximum absolute atomic E-state index is 10.7. The van der Waals surface area contributed by atoms with E-state index < -0.39 is 21.6 Å². The van der Waals surface area contributed by atoms with Gasteiger partial charge in [-0.1, -0.05) is 0 Å². The second-order valence-electron chi connectivity index (χ2n) is 3.78. The first kappa shape index (κ1) is 15.3. The lowest BCUT2D eigenvalue weighted by Crippen LogP contribution is -2.45. The normalized spacial score (nSPS) is 15.7. The van der Waals surface area contributed by atoms with Gasteiger partial charge in [0, 0.05) is 13.1 Å². The van der Waals surface area contributed by atoms with Gasteiger partial charge in [0.05, 0.1) is 6.26 Å². The van der Waals surface area contributed by atoms with E-state index in [-0.39, 0.29) is 13.1 Å². The van der Waals surface area contributed by atoms with E-state index in [2.05, 4.69) is 10.0 Å². The molecule has 0 fully saturated rings. The van der Waals surface area contributed by atoms with Gasteiger partial charge < -0.3 is 15.5 Å². The number of nitrogens with one attached hydrogen (secondary N) is 2. The fourth-order valence-corrected chi connectivity index (χ4v) is 1.39. The summed E-state index contributed by atoms with van der Waals surface area (Å²) in [5, 5.41) is 20.6. The van der Waals surface area contributed by atoms with Crippen molar-refractivity contribution in [2.24, 2.45) is 0 Å². The van der Waals surface area contributed by atoms with E-state index in [4.69, 9.17) is 5.11 Å². The van der Waals surface area contributed by atoms with Crippen LogP contribution in [0.3, 0.4) is 0 Å². The Labute approximate surface area is 94.9 Å². The second kappa shape index (κ2) is 6.14. The summed E-state index contributed by atoms with van der Waals surface area (Å²) in [6.45, 7) is 1.81. The first-order valence-corrected chi connectivity index (χ1v) is 6.65. The number of hydrogen-bond acceptors (Lipinski definition) is 5. The number of carboxylic acids is 1. The Morgan fingerprint density at radius 3 is 2.38 bits per heavy atom. The van der Waals surface area contributed by atoms with Crippen LogP contribution in [0.25, 0.3) is 0 Å². The zero-order valence-electron chi connectivity index (χ0n) is 9.36. The summed E-state index contributed by atoms with van der Waals surface area (Å²) in [4.78, 5) is 10.5. The fourth-order valence-electron chi connectivity index (χ4n) is 0.878. The predicted molar refractivity (Wildman–Crippen MR) is 58.6 cm³/mol. The van der Waals surface area contributed by atoms with E-state index in [1.807, 2.05) is 0 Å². The average molecular weight is 254 g/mol. The minimum absolute atomic E-state index is 0.0821. The Hall–Kier alpha value is -0.700. The van der Waals surface area contributed by atoms with Crippen LogP contribution in [0, 0.1) is 0 Å². The largest absolute Gasteiger partial charge is 0.479 e. The molecule has 1 unspecified atom stereocenters. The van der Waals surface area contributed by atoms with E-state index in [0.717, 1.165) is 6.26 Å². The zero-order valence-corrected chi connectivity index (χ0v) is 10.2. The molecular formula is C8H18N2O5S. The van der Waals surface area contributed by atoms with Crippen molar-refractivity contribution in [3.05, 3.63) is 0 Å². The van der Waals surface area contributed by atoms with Crippen LogP contribution in [0.5, 0.6) is 0 Å². The molecule has 0 amide bonds. The predicted octanol–water partition coefficient (Wildman–Crippen LogP) is -1.65. The zero-order chi connectivity index (χ0) is 12.8. The number of sulfonamides is 1. The van der Waals surface area contributed by atoms with Crippen LogP contribution in [-0.2, 0) is 14.8 Å². The first-order valence-electron chi connectivity index (χ1n) is 4.76. The number of carbonyl (C=O) groups is 1. The van der Waals surface area contributed by atoms with E-state index >= 15 is 0 Å². The smallest absolute Gasteiger partial charge is 0.336 e. The van der Waals surface area contributed by atoms with Crippen LogP contribution in [0.15, 0.2) is 0 Å². The van der Waals surface area contributed by atoms with Crippen LogP contribution < -0.4 is 10.0 Å². The summed E-state index contributed by atoms with van der Waals surface area (Å²) >= 11 is 0. The lowest BCUT2D eigenvalue weighted by atomic mass is 10.1. The molecule has 0 aliphatic heterocycles. The van der Waals surface area contributed by atoms with Gasteiger partial charge in [-0.05, 0) is 19.9 Å². The third kappa shape index (κ3) is 7.57. The van der Waals surface area contributed by atoms with Gasteiger partial charge in [0.1, 0.15) is 0 Å². The maximum Gasteiger partial charge on any atom is 0.336 e. The molecule has 0 aromatic rings. The number of aliphatic carboxylic acids is 1. The second-order valence-corrected chi connectivity index (χ2v) is 5.61. The van der Waals surface area contributed by atoms with Gasteiger partial charge in [-0.15, -0.1) is 0 Å². The number of aliphatic hydroxyl groups is 1. The maximum atomic E-state index is 10.7. The molecule has 0 rings (SSSR count). The van der Waals surface area contributed by atoms with E-state index in [0.29, 0.717) is 13.0 Å². The van der Waals surface area contributed by atoms with Gasteiger partial charge in [0.25, 0.3) is 0 Å². The van der Waals surface area contributed by atoms with Crippen molar-refractivity contribution in [2.45, 2.75) is 18.9 Å². The molecule has 0 aromatic carbocycles. The van der Waals surface area contributed by atoms with Gasteiger partial charge in [0.2, 0.25) is 10.0 Å². The molecular weight excluding hydrogens is 236 g/mol. The lowest BCUT2D eigenvalue weighted by Gasteiger charge is -2.18. The Morgan fingerprint density at radius 1 is 1.38 bits per heavy atom. The summed E-state index contributed by atoms with van der Waals surface area (Å²) in [6, 6.07) is 0. The van der Waals surface area contributed by atoms with Crippen molar-refractivity contribution in [1.29, 1.82) is 0 Å². The van der Waals surface area contributed by atoms with E-state index in [1.54, 1.807) is 0 Å². The van der Waals surface area contributed by atoms with Crippen molar-refractivity contribution in [1.82, 2.24) is 10.0 Å². The molecule has 0 aromatic heterocycles. The minimum Gasteiger partial charge on any atom is -0.479 e. The summed E-state index contributed by atoms with van der Waals surface area (Å²) in [6.07, 6.45) is 1.58. The quantitative estimate of drug-likeness (QED) is 0.386. The van der Waals surface area contributed by atoms with Crippen molar-refractivity contribution in [3.8, 4) is 0 Å². The Morgan fingerprint density at radius 2 is 1.94 bits per heavy atom. The van der Waals surface area contributed by atoms with Crippen molar-refractivity contribution < 1.29 is 23.4 Å². The van der Waals surface area contributed by atoms with Crippen LogP contribution in [0.2, 0.25) is 0 Å². The van der Waals surface area contributed by atoms with Crippen LogP contribution in [0.4, 0.5) is 0 Å². The molecule has 96 valence electrons. The Bertz CT molecular complexity index is 325. The molecule has 8 heteroatoms. The molecule has 0 aliphatic carbocycles. The number of carboxylic acid groups (broad SMARTS) is 1. The standard InChI is InChI=1S/C8H18N2O5S/c1-8(13,7(11)12)6-9-4-3-5-10-16(2,14)15/h9-10,13H,3-6H2,1-2H3,(H,11,12). The fraction of sp³-hybridized carbons (Fsp3) is 0.875. The molecule has 0 saturated heterocycles. The molecule has 0 saturated carbocycles. The van der Waals surface area contributed by atoms with Crippen molar-refractivity contribution in [3.63, 3.8) is 0 Å². The minimum atomic E-state index is -3.17. The summed E-state index contributed by atoms with van der Waals surface area (Å²) < 4.78 is 23.6. The molecule has 7 nitrogen and oxygen atoms in total. The SMILES string of the molecule is CC(O)(CNCCCNS(C)(=O)=O)C(=O)O. The highest BCUT2D eigenvalue weighted by molar-refractivity contribution is 7.88. The highest BCUT2D eigenvalue weighted by Crippen LogP contribution is 2.00. The third-order valence-corrected chi connectivity index (χ3v) is 2.55. The van der Waals surface area contributed by atoms with Crippen molar-refractivity contribution in [2.75, 3.05) is 25.9 Å². The average Bonchev–Trinajstić information content (AvgIpc) is 2.09. The van der Waals surface area contributed by atoms with E-state index in [9.17, 15) is 18.3 Å². The first-order chi connectivity index (χ1) is 7.15. The van der Waals surface area contributed by atoms with Gasteiger partial charge in [0.15, 0.2) is 5.60 Å². The third-order valence-electron chi connectivity index (χ3n) is 1.82. The molecule has 1 atom stereocenters. The molecule has 0 spiro atoms. The molecule has 4 N–H and O–H groups in total. The number of hydrogen-bond donors (Lipinski definition) is 4. The monoisotopic (exact) mass is 254 g/mol. The van der Waals surface area contributed by atoms with E-state index in [1.165, 1.54) is 6.92 Å². The molecule has 0 aliphatic rings. The Balaban J connectivity index is 3.59. The molecule has 0 radical (unpaired) electrons. The lowest BCUT2D eigenvalue weighted by molar-refractivity contribution is -0.156. The highest BCUT2D eigenvalue weighted by atomic mass is 32.2. The molecule has 0 bridgehead atoms. The topological polar surface area (TPSA) is 116 Å². The van der Waals surface area contributed by atoms with Crippen molar-refractivity contribution >= 4 is 16.0 Å².